The second kappa shape index (κ2) is 20.7. The monoisotopic (exact) mass is 740 g/mol. The Balaban J connectivity index is 0. The van der Waals surface area contributed by atoms with Crippen LogP contribution in [0.3, 0.4) is 0 Å². The first kappa shape index (κ1) is 48.3. The van der Waals surface area contributed by atoms with E-state index >= 15 is 0 Å². The van der Waals surface area contributed by atoms with Crippen molar-refractivity contribution < 1.29 is 175 Å². The van der Waals surface area contributed by atoms with Crippen LogP contribution in [0.1, 0.15) is 0 Å². The fourth-order valence-corrected chi connectivity index (χ4v) is 4.83. The molecule has 0 bridgehead atoms. The Hall–Kier alpha value is 1.15. The second-order valence-corrected chi connectivity index (χ2v) is 11.7. The molecule has 1 saturated heterocycles. The number of nitrogens with two attached hydrogens (primary N) is 1. The van der Waals surface area contributed by atoms with E-state index in [9.17, 15) is 64.4 Å². The van der Waals surface area contributed by atoms with Crippen LogP contribution in [0.2, 0.25) is 0 Å². The predicted molar refractivity (Wildman–Crippen MR) is 129 cm³/mol. The van der Waals surface area contributed by atoms with E-state index in [0.717, 1.165) is 0 Å². The summed E-state index contributed by atoms with van der Waals surface area (Å²) in [6.45, 7) is -2.96. The molecule has 1 aromatic carbocycles. The van der Waals surface area contributed by atoms with Crippen molar-refractivity contribution >= 4 is 42.6 Å². The molecule has 8 N–H and O–H groups in total. The minimum Gasteiger partial charge on any atom is -0.726 e. The van der Waals surface area contributed by atoms with Crippen LogP contribution in [0, 0.1) is 0 Å². The molecule has 0 radical (unpaired) electrons. The van der Waals surface area contributed by atoms with Gasteiger partial charge in [0.15, 0.2) is 12.4 Å². The Labute approximate surface area is 324 Å². The second-order valence-electron chi connectivity index (χ2n) is 8.62. The number of nitrogen functional groups attached to an aromatic ring is 1. The van der Waals surface area contributed by atoms with Gasteiger partial charge in [0.1, 0.15) is 36.6 Å². The topological polar surface area (TPSA) is 357 Å². The van der Waals surface area contributed by atoms with Crippen molar-refractivity contribution in [2.45, 2.75) is 55.1 Å². The molecule has 244 valence electrons. The third-order valence-electron chi connectivity index (χ3n) is 5.42. The first-order valence-electron chi connectivity index (χ1n) is 11.3. The molecular formula is C18H27N2Na3O19S3. The third kappa shape index (κ3) is 17.6. The van der Waals surface area contributed by atoms with Gasteiger partial charge in [-0.1, -0.05) is 6.07 Å². The molecule has 21 nitrogen and oxygen atoms in total. The van der Waals surface area contributed by atoms with Crippen molar-refractivity contribution in [3.8, 4) is 0 Å². The number of anilines is 2. The largest absolute Gasteiger partial charge is 1.00 e. The number of hydrogen-bond acceptors (Lipinski definition) is 21. The molecule has 0 aromatic heterocycles. The van der Waals surface area contributed by atoms with E-state index in [1.807, 2.05) is 0 Å². The average molecular weight is 741 g/mol. The van der Waals surface area contributed by atoms with E-state index in [4.69, 9.17) is 15.2 Å². The fourth-order valence-electron chi connectivity index (χ4n) is 3.55. The predicted octanol–water partition coefficient (Wildman–Crippen LogP) is -14.6. The van der Waals surface area contributed by atoms with Gasteiger partial charge in [-0.3, -0.25) is 12.5 Å². The molecule has 1 heterocycles. The van der Waals surface area contributed by atoms with Gasteiger partial charge in [0, 0.05) is 17.9 Å². The maximum atomic E-state index is 11.2. The van der Waals surface area contributed by atoms with Crippen LogP contribution in [-0.2, 0) is 53.2 Å². The van der Waals surface area contributed by atoms with E-state index in [2.05, 4.69) is 17.9 Å². The SMILES string of the molecule is Nc1cccc(NC[C@H](O)[C@@H](O)[C@H](O)[C@H](O)CO[C@@H]2O[C@@H](COS(=O)(=O)[O-])[C@@H](OS(=O)(=O)[O-])[C@H](O)[C@H]2OS(=O)(=O)[O-])c1.[Na+].[Na+].[Na+]. The first-order chi connectivity index (χ1) is 19.2. The molecule has 45 heavy (non-hydrogen) atoms. The minimum atomic E-state index is -5.75. The molecule has 0 spiro atoms. The summed E-state index contributed by atoms with van der Waals surface area (Å²) in [5.74, 6) is 0. The van der Waals surface area contributed by atoms with Crippen molar-refractivity contribution in [1.29, 1.82) is 0 Å². The molecule has 27 heteroatoms. The van der Waals surface area contributed by atoms with Crippen molar-refractivity contribution in [1.82, 2.24) is 0 Å². The van der Waals surface area contributed by atoms with Gasteiger partial charge in [-0.25, -0.2) is 25.3 Å². The van der Waals surface area contributed by atoms with Crippen LogP contribution in [0.25, 0.3) is 0 Å². The van der Waals surface area contributed by atoms with Crippen LogP contribution in [0.4, 0.5) is 11.4 Å². The van der Waals surface area contributed by atoms with Crippen LogP contribution >= 0.6 is 0 Å². The minimum absolute atomic E-state index is 0. The number of benzene rings is 1. The number of aliphatic hydroxyl groups excluding tert-OH is 5. The Morgan fingerprint density at radius 1 is 0.867 bits per heavy atom. The van der Waals surface area contributed by atoms with Gasteiger partial charge < -0.3 is 59.7 Å². The van der Waals surface area contributed by atoms with E-state index < -0.39 is 99.5 Å². The third-order valence-corrected chi connectivity index (χ3v) is 6.76. The maximum Gasteiger partial charge on any atom is 1.00 e. The van der Waals surface area contributed by atoms with Crippen LogP contribution in [0.15, 0.2) is 24.3 Å². The van der Waals surface area contributed by atoms with Crippen molar-refractivity contribution in [3.05, 3.63) is 24.3 Å². The van der Waals surface area contributed by atoms with Gasteiger partial charge >= 0.3 is 88.7 Å². The van der Waals surface area contributed by atoms with E-state index in [0.29, 0.717) is 11.4 Å². The standard InChI is InChI=1S/C18H30N2O19S3.3Na/c19-8-2-1-3-9(4-8)20-5-10(21)13(23)14(24)11(22)6-35-18-17(39-42(32,33)34)15(25)16(38-41(29,30)31)12(37-18)7-36-40(26,27)28;;;/h1-4,10-18,20-25H,5-7,19H2,(H,26,27,28)(H,29,30,31)(H,32,33,34);;;/q;3*+1/p-3/t10-,11+,12-,13+,14+,15-,16+,17+,18+;;;/m0.../s1. The van der Waals surface area contributed by atoms with Gasteiger partial charge in [0.05, 0.1) is 19.3 Å². The van der Waals surface area contributed by atoms with Gasteiger partial charge in [0.25, 0.3) is 0 Å². The van der Waals surface area contributed by atoms with E-state index in [-0.39, 0.29) is 95.2 Å². The Bertz CT molecular complexity index is 1360. The zero-order valence-corrected chi connectivity index (χ0v) is 32.3. The first-order valence-corrected chi connectivity index (χ1v) is 15.3. The maximum absolute atomic E-state index is 11.2. The molecule has 1 aliphatic rings. The Morgan fingerprint density at radius 3 is 1.91 bits per heavy atom. The van der Waals surface area contributed by atoms with Crippen molar-refractivity contribution in [2.24, 2.45) is 0 Å². The van der Waals surface area contributed by atoms with Crippen LogP contribution < -0.4 is 99.7 Å². The fraction of sp³-hybridized carbons (Fsp3) is 0.667. The average Bonchev–Trinajstić information content (AvgIpc) is 2.85. The molecule has 2 rings (SSSR count). The summed E-state index contributed by atoms with van der Waals surface area (Å²) in [4.78, 5) is 0. The molecule has 0 unspecified atom stereocenters. The number of rotatable bonds is 16. The summed E-state index contributed by atoms with van der Waals surface area (Å²) >= 11 is 0. The number of hydrogen-bond donors (Lipinski definition) is 7. The summed E-state index contributed by atoms with van der Waals surface area (Å²) < 4.78 is 121. The summed E-state index contributed by atoms with van der Waals surface area (Å²) in [5, 5.41) is 54.0. The zero-order chi connectivity index (χ0) is 32.0. The smallest absolute Gasteiger partial charge is 0.726 e. The Morgan fingerprint density at radius 2 is 1.40 bits per heavy atom. The van der Waals surface area contributed by atoms with Gasteiger partial charge in [-0.2, -0.15) is 0 Å². The zero-order valence-electron chi connectivity index (χ0n) is 23.9. The summed E-state index contributed by atoms with van der Waals surface area (Å²) in [6, 6.07) is 6.22. The van der Waals surface area contributed by atoms with Gasteiger partial charge in [0.2, 0.25) is 31.2 Å². The van der Waals surface area contributed by atoms with Gasteiger partial charge in [-0.05, 0) is 18.2 Å². The van der Waals surface area contributed by atoms with Crippen molar-refractivity contribution in [2.75, 3.05) is 30.8 Å². The van der Waals surface area contributed by atoms with E-state index in [1.54, 1.807) is 18.2 Å². The molecular weight excluding hydrogens is 713 g/mol. The summed E-state index contributed by atoms with van der Waals surface area (Å²) in [5.41, 5.74) is 6.43. The summed E-state index contributed by atoms with van der Waals surface area (Å²) in [6.07, 6.45) is -20.4. The molecule has 0 saturated carbocycles. The van der Waals surface area contributed by atoms with Gasteiger partial charge in [-0.15, -0.1) is 0 Å². The van der Waals surface area contributed by atoms with Crippen molar-refractivity contribution in [3.63, 3.8) is 0 Å². The summed E-state index contributed by atoms with van der Waals surface area (Å²) in [7, 11) is -17.0. The molecule has 1 aromatic rings. The molecule has 0 amide bonds. The molecule has 0 aliphatic carbocycles. The number of nitrogens with one attached hydrogen (secondary N) is 1. The van der Waals surface area contributed by atoms with Crippen LogP contribution in [-0.4, -0.2) is 139 Å². The molecule has 1 aliphatic heterocycles. The normalized spacial score (nSPS) is 24.9. The molecule has 1 fully saturated rings. The number of ether oxygens (including phenoxy) is 2. The van der Waals surface area contributed by atoms with E-state index in [1.165, 1.54) is 6.07 Å². The molecule has 9 atom stereocenters. The van der Waals surface area contributed by atoms with Crippen LogP contribution in [0.5, 0.6) is 0 Å². The quantitative estimate of drug-likeness (QED) is 0.0358. The number of aliphatic hydroxyl groups is 5. The Kier molecular flexibility index (Phi) is 22.2.